The maximum Gasteiger partial charge on any atom is 0.225 e. The molecule has 0 aliphatic carbocycles. The normalized spacial score (nSPS) is 14.3. The lowest BCUT2D eigenvalue weighted by atomic mass is 10.0. The third kappa shape index (κ3) is 9.25. The van der Waals surface area contributed by atoms with Crippen molar-refractivity contribution < 1.29 is 9.53 Å². The molecule has 1 aromatic heterocycles. The monoisotopic (exact) mass is 492 g/mol. The molecule has 1 aromatic carbocycles. The van der Waals surface area contributed by atoms with Gasteiger partial charge in [0.15, 0.2) is 0 Å². The summed E-state index contributed by atoms with van der Waals surface area (Å²) in [4.78, 5) is 20.9. The number of nitrogens with zero attached hydrogens (tertiary/aromatic N) is 3. The summed E-state index contributed by atoms with van der Waals surface area (Å²) in [7, 11) is 1.91. The first-order chi connectivity index (χ1) is 17.3. The van der Waals surface area contributed by atoms with Crippen LogP contribution in [0.3, 0.4) is 0 Å². The highest BCUT2D eigenvalue weighted by Gasteiger charge is 2.22. The molecular formula is C30H44N4O2. The van der Waals surface area contributed by atoms with Crippen molar-refractivity contribution in [2.75, 3.05) is 39.8 Å². The van der Waals surface area contributed by atoms with Gasteiger partial charge >= 0.3 is 0 Å². The van der Waals surface area contributed by atoms with Crippen LogP contribution in [0.15, 0.2) is 54.8 Å². The average Bonchev–Trinajstić information content (AvgIpc) is 2.87. The van der Waals surface area contributed by atoms with Crippen LogP contribution in [-0.4, -0.2) is 60.5 Å². The van der Waals surface area contributed by atoms with Crippen molar-refractivity contribution in [3.63, 3.8) is 0 Å². The van der Waals surface area contributed by atoms with Crippen LogP contribution in [0.5, 0.6) is 11.6 Å². The van der Waals surface area contributed by atoms with Crippen LogP contribution >= 0.6 is 0 Å². The second-order valence-electron chi connectivity index (χ2n) is 9.54. The lowest BCUT2D eigenvalue weighted by Gasteiger charge is -2.35. The Hall–Kier alpha value is -2.96. The van der Waals surface area contributed by atoms with Gasteiger partial charge in [-0.15, -0.1) is 0 Å². The fraction of sp³-hybridized carbons (Fsp3) is 0.467. The Morgan fingerprint density at radius 3 is 2.39 bits per heavy atom. The summed E-state index contributed by atoms with van der Waals surface area (Å²) in [6, 6.07) is 9.98. The predicted octanol–water partition coefficient (Wildman–Crippen LogP) is 5.69. The summed E-state index contributed by atoms with van der Waals surface area (Å²) < 4.78 is 5.93. The molecule has 2 aromatic rings. The van der Waals surface area contributed by atoms with E-state index in [0.29, 0.717) is 5.88 Å². The molecule has 1 amide bonds. The standard InChI is InChI=1S/C27H36N4O2.C3H8/c1-6-22(19-30-11-13-31(14-12-30)27(32)20(2)3)16-24-8-9-25(15-21(24)4)33-26-10-7-23(17-28-5)18-29-26;1-3-2/h6-10,15-16,18,20,28H,1,11-14,17,19H2,2-5H3;3H2,1-2H3/b22-16+;. The van der Waals surface area contributed by atoms with E-state index in [2.05, 4.69) is 54.7 Å². The van der Waals surface area contributed by atoms with Gasteiger partial charge in [-0.05, 0) is 48.4 Å². The van der Waals surface area contributed by atoms with Gasteiger partial charge in [0, 0.05) is 57.4 Å². The van der Waals surface area contributed by atoms with Gasteiger partial charge in [-0.1, -0.05) is 65.0 Å². The highest BCUT2D eigenvalue weighted by Crippen LogP contribution is 2.24. The maximum absolute atomic E-state index is 12.2. The second-order valence-corrected chi connectivity index (χ2v) is 9.54. The number of pyridine rings is 1. The lowest BCUT2D eigenvalue weighted by molar-refractivity contribution is -0.136. The van der Waals surface area contributed by atoms with Crippen molar-refractivity contribution in [2.45, 2.75) is 47.6 Å². The zero-order valence-corrected chi connectivity index (χ0v) is 23.0. The second kappa shape index (κ2) is 15.2. The zero-order chi connectivity index (χ0) is 26.5. The van der Waals surface area contributed by atoms with E-state index in [1.165, 1.54) is 6.42 Å². The van der Waals surface area contributed by atoms with E-state index in [-0.39, 0.29) is 11.8 Å². The Morgan fingerprint density at radius 1 is 1.17 bits per heavy atom. The number of hydrogen-bond acceptors (Lipinski definition) is 5. The van der Waals surface area contributed by atoms with Gasteiger partial charge in [-0.25, -0.2) is 4.98 Å². The Morgan fingerprint density at radius 2 is 1.86 bits per heavy atom. The molecule has 0 unspecified atom stereocenters. The van der Waals surface area contributed by atoms with Crippen molar-refractivity contribution in [2.24, 2.45) is 5.92 Å². The summed E-state index contributed by atoms with van der Waals surface area (Å²) in [5, 5.41) is 3.11. The first-order valence-corrected chi connectivity index (χ1v) is 13.0. The molecule has 0 saturated carbocycles. The van der Waals surface area contributed by atoms with E-state index in [1.54, 1.807) is 0 Å². The number of amides is 1. The van der Waals surface area contributed by atoms with Gasteiger partial charge < -0.3 is 15.0 Å². The number of nitrogens with one attached hydrogen (secondary N) is 1. The summed E-state index contributed by atoms with van der Waals surface area (Å²) in [5.74, 6) is 1.66. The quantitative estimate of drug-likeness (QED) is 0.456. The first-order valence-electron chi connectivity index (χ1n) is 13.0. The van der Waals surface area contributed by atoms with Gasteiger partial charge in [-0.2, -0.15) is 0 Å². The van der Waals surface area contributed by atoms with Gasteiger partial charge in [0.2, 0.25) is 11.8 Å². The molecule has 1 saturated heterocycles. The maximum atomic E-state index is 12.2. The van der Waals surface area contributed by atoms with E-state index in [4.69, 9.17) is 4.74 Å². The Balaban J connectivity index is 0.00000145. The van der Waals surface area contributed by atoms with E-state index < -0.39 is 0 Å². The lowest BCUT2D eigenvalue weighted by Crippen LogP contribution is -2.50. The molecule has 0 atom stereocenters. The van der Waals surface area contributed by atoms with E-state index in [9.17, 15) is 4.79 Å². The van der Waals surface area contributed by atoms with Crippen LogP contribution in [0.4, 0.5) is 0 Å². The molecule has 6 nitrogen and oxygen atoms in total. The number of ether oxygens (including phenoxy) is 1. The van der Waals surface area contributed by atoms with Crippen molar-refractivity contribution in [1.29, 1.82) is 0 Å². The third-order valence-corrected chi connectivity index (χ3v) is 5.83. The first kappa shape index (κ1) is 29.3. The molecule has 0 spiro atoms. The molecule has 0 bridgehead atoms. The predicted molar refractivity (Wildman–Crippen MR) is 150 cm³/mol. The minimum absolute atomic E-state index is 0.0589. The van der Waals surface area contributed by atoms with Crippen LogP contribution in [0.1, 0.15) is 50.8 Å². The van der Waals surface area contributed by atoms with Crippen LogP contribution in [0, 0.1) is 12.8 Å². The van der Waals surface area contributed by atoms with Gasteiger partial charge in [0.1, 0.15) is 5.75 Å². The molecule has 1 N–H and O–H groups in total. The highest BCUT2D eigenvalue weighted by atomic mass is 16.5. The smallest absolute Gasteiger partial charge is 0.225 e. The molecule has 196 valence electrons. The van der Waals surface area contributed by atoms with Crippen molar-refractivity contribution >= 4 is 12.0 Å². The molecule has 36 heavy (non-hydrogen) atoms. The van der Waals surface area contributed by atoms with Gasteiger partial charge in [0.25, 0.3) is 0 Å². The van der Waals surface area contributed by atoms with Gasteiger partial charge in [-0.3, -0.25) is 9.69 Å². The molecule has 2 heterocycles. The Bertz CT molecular complexity index is 991. The zero-order valence-electron chi connectivity index (χ0n) is 23.0. The fourth-order valence-electron chi connectivity index (χ4n) is 3.89. The summed E-state index contributed by atoms with van der Waals surface area (Å²) >= 11 is 0. The fourth-order valence-corrected chi connectivity index (χ4v) is 3.89. The Kier molecular flexibility index (Phi) is 12.4. The van der Waals surface area contributed by atoms with Crippen molar-refractivity contribution in [3.05, 3.63) is 71.4 Å². The minimum atomic E-state index is 0.0589. The van der Waals surface area contributed by atoms with Crippen molar-refractivity contribution in [3.8, 4) is 11.6 Å². The molecule has 3 rings (SSSR count). The Labute approximate surface area is 218 Å². The number of rotatable bonds is 9. The van der Waals surface area contributed by atoms with E-state index in [1.807, 2.05) is 62.3 Å². The molecule has 1 fully saturated rings. The van der Waals surface area contributed by atoms with Crippen molar-refractivity contribution in [1.82, 2.24) is 20.1 Å². The van der Waals surface area contributed by atoms with Gasteiger partial charge in [0.05, 0.1) is 0 Å². The number of aryl methyl sites for hydroxylation is 1. The number of carbonyl (C=O) groups excluding carboxylic acids is 1. The summed E-state index contributed by atoms with van der Waals surface area (Å²) in [6.07, 6.45) is 7.18. The number of piperazine rings is 1. The highest BCUT2D eigenvalue weighted by molar-refractivity contribution is 5.78. The van der Waals surface area contributed by atoms with Crippen LogP contribution in [0.25, 0.3) is 6.08 Å². The minimum Gasteiger partial charge on any atom is -0.439 e. The number of aromatic nitrogens is 1. The molecule has 1 aliphatic rings. The number of benzene rings is 1. The molecule has 1 aliphatic heterocycles. The number of hydrogen-bond donors (Lipinski definition) is 1. The van der Waals surface area contributed by atoms with E-state index >= 15 is 0 Å². The van der Waals surface area contributed by atoms with Crippen LogP contribution < -0.4 is 10.1 Å². The van der Waals surface area contributed by atoms with E-state index in [0.717, 1.165) is 67.3 Å². The third-order valence-electron chi connectivity index (χ3n) is 5.83. The average molecular weight is 493 g/mol. The topological polar surface area (TPSA) is 57.7 Å². The summed E-state index contributed by atoms with van der Waals surface area (Å²) in [6.45, 7) is 19.2. The van der Waals surface area contributed by atoms with Crippen LogP contribution in [-0.2, 0) is 11.3 Å². The molecule has 0 radical (unpaired) electrons. The molecular weight excluding hydrogens is 448 g/mol. The van der Waals surface area contributed by atoms with Crippen LogP contribution in [0.2, 0.25) is 0 Å². The molecule has 6 heteroatoms. The SMILES string of the molecule is C=C/C(=C\c1ccc(Oc2ccc(CNC)cn2)cc1C)CN1CCN(C(=O)C(C)C)CC1.CCC. The summed E-state index contributed by atoms with van der Waals surface area (Å²) in [5.41, 5.74) is 4.55. The largest absolute Gasteiger partial charge is 0.439 e. The number of carbonyl (C=O) groups is 1.